The number of hydrogen-bond acceptors (Lipinski definition) is 2. The van der Waals surface area contributed by atoms with E-state index in [1.165, 1.54) is 21.8 Å². The van der Waals surface area contributed by atoms with Crippen LogP contribution in [-0.4, -0.2) is 9.55 Å². The van der Waals surface area contributed by atoms with Gasteiger partial charge in [-0.25, -0.2) is 0 Å². The van der Waals surface area contributed by atoms with Gasteiger partial charge in [-0.05, 0) is 36.4 Å². The van der Waals surface area contributed by atoms with Crippen LogP contribution in [0.1, 0.15) is 0 Å². The van der Waals surface area contributed by atoms with Gasteiger partial charge in [0.25, 0.3) is 0 Å². The number of aromatic nitrogens is 2. The van der Waals surface area contributed by atoms with Crippen molar-refractivity contribution in [2.75, 3.05) is 0 Å². The Morgan fingerprint density at radius 1 is 0.562 bits per heavy atom. The van der Waals surface area contributed by atoms with E-state index in [4.69, 9.17) is 4.42 Å². The molecular weight excluding hydrogens is 392 g/mol. The summed E-state index contributed by atoms with van der Waals surface area (Å²) in [6.07, 6.45) is 1.82. The Kier molecular flexibility index (Phi) is 3.55. The van der Waals surface area contributed by atoms with E-state index in [9.17, 15) is 0 Å². The first kappa shape index (κ1) is 17.3. The van der Waals surface area contributed by atoms with Gasteiger partial charge in [0.15, 0.2) is 5.58 Å². The van der Waals surface area contributed by atoms with Gasteiger partial charge in [-0.1, -0.05) is 66.7 Å². The average molecular weight is 410 g/mol. The monoisotopic (exact) mass is 410 g/mol. The molecule has 0 spiro atoms. The number of pyridine rings is 1. The highest BCUT2D eigenvalue weighted by Crippen LogP contribution is 2.40. The van der Waals surface area contributed by atoms with Crippen LogP contribution in [0.4, 0.5) is 0 Å². The fourth-order valence-corrected chi connectivity index (χ4v) is 4.91. The topological polar surface area (TPSA) is 31.0 Å². The second-order valence-electron chi connectivity index (χ2n) is 8.02. The molecule has 3 heterocycles. The molecular formula is C29H18N2O. The summed E-state index contributed by atoms with van der Waals surface area (Å²) in [5, 5.41) is 3.54. The minimum Gasteiger partial charge on any atom is -0.454 e. The second-order valence-corrected chi connectivity index (χ2v) is 8.02. The Bertz CT molecular complexity index is 1730. The largest absolute Gasteiger partial charge is 0.454 e. The third kappa shape index (κ3) is 2.33. The van der Waals surface area contributed by atoms with Crippen molar-refractivity contribution in [1.82, 2.24) is 9.55 Å². The maximum absolute atomic E-state index is 6.31. The molecule has 0 aliphatic heterocycles. The number of hydrogen-bond donors (Lipinski definition) is 0. The molecule has 0 bridgehead atoms. The van der Waals surface area contributed by atoms with Crippen molar-refractivity contribution in [2.24, 2.45) is 0 Å². The standard InChI is InChI=1S/C29H18N2O/c1-4-14-24-19(9-1)20-10-2-5-15-25(20)31(24)26-16-6-3-11-21(26)22-12-7-13-23-28-27(32-29(22)23)17-8-18-30-28/h1-18H. The van der Waals surface area contributed by atoms with E-state index < -0.39 is 0 Å². The summed E-state index contributed by atoms with van der Waals surface area (Å²) in [5.41, 5.74) is 8.30. The van der Waals surface area contributed by atoms with Gasteiger partial charge in [-0.2, -0.15) is 0 Å². The van der Waals surface area contributed by atoms with Crippen molar-refractivity contribution in [3.05, 3.63) is 109 Å². The van der Waals surface area contributed by atoms with Gasteiger partial charge in [-0.3, -0.25) is 4.98 Å². The highest BCUT2D eigenvalue weighted by molar-refractivity contribution is 6.11. The zero-order valence-electron chi connectivity index (χ0n) is 17.2. The first-order chi connectivity index (χ1) is 15.9. The number of benzene rings is 4. The van der Waals surface area contributed by atoms with E-state index >= 15 is 0 Å². The molecule has 32 heavy (non-hydrogen) atoms. The summed E-state index contributed by atoms with van der Waals surface area (Å²) in [4.78, 5) is 4.56. The van der Waals surface area contributed by atoms with E-state index in [1.807, 2.05) is 18.3 Å². The van der Waals surface area contributed by atoms with Gasteiger partial charge in [0.1, 0.15) is 11.1 Å². The van der Waals surface area contributed by atoms with E-state index in [-0.39, 0.29) is 0 Å². The van der Waals surface area contributed by atoms with Crippen LogP contribution in [-0.2, 0) is 0 Å². The van der Waals surface area contributed by atoms with Crippen molar-refractivity contribution in [3.8, 4) is 16.8 Å². The lowest BCUT2D eigenvalue weighted by molar-refractivity contribution is 0.669. The maximum atomic E-state index is 6.31. The summed E-state index contributed by atoms with van der Waals surface area (Å²) in [7, 11) is 0. The smallest absolute Gasteiger partial charge is 0.153 e. The van der Waals surface area contributed by atoms with Crippen molar-refractivity contribution < 1.29 is 4.42 Å². The normalized spacial score (nSPS) is 11.8. The molecule has 3 nitrogen and oxygen atoms in total. The minimum atomic E-state index is 0.810. The highest BCUT2D eigenvalue weighted by atomic mass is 16.3. The fourth-order valence-electron chi connectivity index (χ4n) is 4.91. The molecule has 0 amide bonds. The van der Waals surface area contributed by atoms with E-state index in [1.54, 1.807) is 0 Å². The van der Waals surface area contributed by atoms with Crippen LogP contribution in [0.15, 0.2) is 114 Å². The van der Waals surface area contributed by atoms with Crippen molar-refractivity contribution in [1.29, 1.82) is 0 Å². The van der Waals surface area contributed by atoms with Gasteiger partial charge < -0.3 is 8.98 Å². The Morgan fingerprint density at radius 2 is 1.22 bits per heavy atom. The molecule has 7 rings (SSSR count). The van der Waals surface area contributed by atoms with E-state index in [0.717, 1.165) is 38.9 Å². The molecule has 0 aliphatic rings. The number of rotatable bonds is 2. The second kappa shape index (κ2) is 6.56. The molecule has 0 saturated carbocycles. The predicted octanol–water partition coefficient (Wildman–Crippen LogP) is 7.75. The predicted molar refractivity (Wildman–Crippen MR) is 131 cm³/mol. The highest BCUT2D eigenvalue weighted by Gasteiger charge is 2.18. The lowest BCUT2D eigenvalue weighted by Gasteiger charge is -2.14. The van der Waals surface area contributed by atoms with E-state index in [2.05, 4.69) is 101 Å². The van der Waals surface area contributed by atoms with Crippen LogP contribution in [0.25, 0.3) is 60.7 Å². The zero-order valence-corrected chi connectivity index (χ0v) is 17.2. The van der Waals surface area contributed by atoms with Crippen molar-refractivity contribution in [2.45, 2.75) is 0 Å². The maximum Gasteiger partial charge on any atom is 0.153 e. The van der Waals surface area contributed by atoms with Crippen LogP contribution in [0.3, 0.4) is 0 Å². The van der Waals surface area contributed by atoms with Crippen LogP contribution in [0, 0.1) is 0 Å². The van der Waals surface area contributed by atoms with Crippen LogP contribution >= 0.6 is 0 Å². The number of para-hydroxylation sites is 4. The van der Waals surface area contributed by atoms with E-state index in [0.29, 0.717) is 0 Å². The van der Waals surface area contributed by atoms with Gasteiger partial charge in [0, 0.05) is 33.5 Å². The molecule has 0 aliphatic carbocycles. The quantitative estimate of drug-likeness (QED) is 0.292. The summed E-state index contributed by atoms with van der Waals surface area (Å²) in [5.74, 6) is 0. The average Bonchev–Trinajstić information content (AvgIpc) is 3.40. The molecule has 0 N–H and O–H groups in total. The van der Waals surface area contributed by atoms with Gasteiger partial charge >= 0.3 is 0 Å². The molecule has 7 aromatic rings. The molecule has 0 radical (unpaired) electrons. The molecule has 0 atom stereocenters. The first-order valence-electron chi connectivity index (χ1n) is 10.7. The summed E-state index contributed by atoms with van der Waals surface area (Å²) >= 11 is 0. The van der Waals surface area contributed by atoms with Crippen molar-refractivity contribution >= 4 is 43.9 Å². The lowest BCUT2D eigenvalue weighted by Crippen LogP contribution is -1.97. The SMILES string of the molecule is c1ccc(-n2c3ccccc3c3ccccc32)c(-c2cccc3c2oc2cccnc23)c1. The van der Waals surface area contributed by atoms with Gasteiger partial charge in [0.05, 0.1) is 16.7 Å². The molecule has 4 aromatic carbocycles. The van der Waals surface area contributed by atoms with Crippen LogP contribution in [0.5, 0.6) is 0 Å². The molecule has 3 aromatic heterocycles. The zero-order chi connectivity index (χ0) is 21.1. The molecule has 150 valence electrons. The Labute approximate surface area is 184 Å². The Hall–Kier alpha value is -4.37. The first-order valence-corrected chi connectivity index (χ1v) is 10.7. The Balaban J connectivity index is 1.60. The third-order valence-electron chi connectivity index (χ3n) is 6.27. The minimum absolute atomic E-state index is 0.810. The van der Waals surface area contributed by atoms with Gasteiger partial charge in [0.2, 0.25) is 0 Å². The third-order valence-corrected chi connectivity index (χ3v) is 6.27. The van der Waals surface area contributed by atoms with Crippen molar-refractivity contribution in [3.63, 3.8) is 0 Å². The molecule has 0 saturated heterocycles. The van der Waals surface area contributed by atoms with Crippen LogP contribution in [0.2, 0.25) is 0 Å². The summed E-state index contributed by atoms with van der Waals surface area (Å²) < 4.78 is 8.67. The number of furan rings is 1. The number of nitrogens with zero attached hydrogens (tertiary/aromatic N) is 2. The lowest BCUT2D eigenvalue weighted by atomic mass is 10.0. The summed E-state index contributed by atoms with van der Waals surface area (Å²) in [6, 6.07) is 35.9. The number of fused-ring (bicyclic) bond motifs is 6. The Morgan fingerprint density at radius 3 is 2.03 bits per heavy atom. The molecule has 0 unspecified atom stereocenters. The summed E-state index contributed by atoms with van der Waals surface area (Å²) in [6.45, 7) is 0. The fraction of sp³-hybridized carbons (Fsp3) is 0. The van der Waals surface area contributed by atoms with Crippen LogP contribution < -0.4 is 0 Å². The molecule has 3 heteroatoms. The molecule has 0 fully saturated rings. The van der Waals surface area contributed by atoms with Gasteiger partial charge in [-0.15, -0.1) is 0 Å².